The SMILES string of the molecule is COC(=O)C1CCN(Cc2cc3c(c4ccccc24)OCN([C@H]2CCC[C@@H]2O)C3=O)CC1. The molecule has 170 valence electrons. The second-order valence-corrected chi connectivity index (χ2v) is 9.15. The van der Waals surface area contributed by atoms with E-state index in [-0.39, 0.29) is 30.6 Å². The average Bonchev–Trinajstić information content (AvgIpc) is 3.25. The first kappa shape index (κ1) is 21.2. The molecule has 1 saturated carbocycles. The van der Waals surface area contributed by atoms with Crippen LogP contribution >= 0.6 is 0 Å². The lowest BCUT2D eigenvalue weighted by atomic mass is 9.94. The molecule has 1 amide bonds. The molecule has 7 heteroatoms. The number of carbonyl (C=O) groups excluding carboxylic acids is 2. The Balaban J connectivity index is 1.43. The van der Waals surface area contributed by atoms with E-state index in [4.69, 9.17) is 9.47 Å². The second-order valence-electron chi connectivity index (χ2n) is 9.15. The van der Waals surface area contributed by atoms with Crippen LogP contribution in [0.5, 0.6) is 5.75 Å². The molecule has 1 aliphatic carbocycles. The van der Waals surface area contributed by atoms with Crippen LogP contribution in [-0.4, -0.2) is 65.9 Å². The van der Waals surface area contributed by atoms with Crippen molar-refractivity contribution in [2.75, 3.05) is 26.9 Å². The second kappa shape index (κ2) is 8.71. The molecule has 1 saturated heterocycles. The normalized spacial score (nSPS) is 24.4. The third kappa shape index (κ3) is 3.73. The van der Waals surface area contributed by atoms with Crippen molar-refractivity contribution >= 4 is 22.6 Å². The highest BCUT2D eigenvalue weighted by Gasteiger charge is 2.38. The molecule has 32 heavy (non-hydrogen) atoms. The number of fused-ring (bicyclic) bond motifs is 3. The van der Waals surface area contributed by atoms with Crippen LogP contribution in [0.2, 0.25) is 0 Å². The van der Waals surface area contributed by atoms with Gasteiger partial charge in [-0.25, -0.2) is 0 Å². The van der Waals surface area contributed by atoms with Gasteiger partial charge in [0.05, 0.1) is 30.7 Å². The number of likely N-dealkylation sites (tertiary alicyclic amines) is 1. The van der Waals surface area contributed by atoms with E-state index < -0.39 is 6.10 Å². The lowest BCUT2D eigenvalue weighted by Crippen LogP contribution is -2.48. The summed E-state index contributed by atoms with van der Waals surface area (Å²) in [4.78, 5) is 29.3. The van der Waals surface area contributed by atoms with Gasteiger partial charge in [0.1, 0.15) is 5.75 Å². The van der Waals surface area contributed by atoms with Gasteiger partial charge >= 0.3 is 5.97 Å². The van der Waals surface area contributed by atoms with Crippen molar-refractivity contribution in [1.29, 1.82) is 0 Å². The molecular formula is C25H30N2O5. The molecular weight excluding hydrogens is 408 g/mol. The van der Waals surface area contributed by atoms with E-state index in [1.54, 1.807) is 4.90 Å². The Kier molecular flexibility index (Phi) is 5.78. The molecule has 3 aliphatic rings. The van der Waals surface area contributed by atoms with Crippen LogP contribution in [0, 0.1) is 5.92 Å². The third-order valence-corrected chi connectivity index (χ3v) is 7.28. The van der Waals surface area contributed by atoms with Crippen molar-refractivity contribution in [3.05, 3.63) is 41.5 Å². The van der Waals surface area contributed by atoms with Crippen molar-refractivity contribution in [2.45, 2.75) is 50.8 Å². The predicted molar refractivity (Wildman–Crippen MR) is 119 cm³/mol. The van der Waals surface area contributed by atoms with Crippen LogP contribution in [0.3, 0.4) is 0 Å². The van der Waals surface area contributed by atoms with Gasteiger partial charge in [0.15, 0.2) is 6.73 Å². The number of aliphatic hydroxyl groups is 1. The number of carbonyl (C=O) groups is 2. The minimum atomic E-state index is -0.486. The lowest BCUT2D eigenvalue weighted by Gasteiger charge is -2.36. The summed E-state index contributed by atoms with van der Waals surface area (Å²) >= 11 is 0. The minimum absolute atomic E-state index is 0.0297. The molecule has 0 spiro atoms. The van der Waals surface area contributed by atoms with Gasteiger partial charge in [-0.1, -0.05) is 24.3 Å². The highest BCUT2D eigenvalue weighted by atomic mass is 16.5. The molecule has 2 aliphatic heterocycles. The Morgan fingerprint density at radius 1 is 1.16 bits per heavy atom. The number of benzene rings is 2. The molecule has 2 aromatic rings. The van der Waals surface area contributed by atoms with E-state index in [1.807, 2.05) is 24.3 Å². The molecule has 1 N–H and O–H groups in total. The smallest absolute Gasteiger partial charge is 0.308 e. The predicted octanol–water partition coefficient (Wildman–Crippen LogP) is 2.93. The zero-order valence-corrected chi connectivity index (χ0v) is 18.5. The van der Waals surface area contributed by atoms with Gasteiger partial charge in [-0.3, -0.25) is 19.4 Å². The maximum absolute atomic E-state index is 13.5. The first-order chi connectivity index (χ1) is 15.6. The Bertz CT molecular complexity index is 1030. The highest BCUT2D eigenvalue weighted by Crippen LogP contribution is 2.38. The molecule has 0 radical (unpaired) electrons. The molecule has 2 heterocycles. The van der Waals surface area contributed by atoms with Crippen molar-refractivity contribution in [3.8, 4) is 5.75 Å². The molecule has 7 nitrogen and oxygen atoms in total. The first-order valence-corrected chi connectivity index (χ1v) is 11.5. The van der Waals surface area contributed by atoms with Crippen molar-refractivity contribution in [1.82, 2.24) is 9.80 Å². The number of rotatable bonds is 4. The maximum atomic E-state index is 13.5. The van der Waals surface area contributed by atoms with E-state index >= 15 is 0 Å². The molecule has 2 aromatic carbocycles. The van der Waals surface area contributed by atoms with Crippen LogP contribution in [0.4, 0.5) is 0 Å². The number of nitrogens with zero attached hydrogens (tertiary/aromatic N) is 2. The van der Waals surface area contributed by atoms with Gasteiger partial charge < -0.3 is 14.6 Å². The van der Waals surface area contributed by atoms with Crippen molar-refractivity contribution in [2.24, 2.45) is 5.92 Å². The van der Waals surface area contributed by atoms with Crippen LogP contribution in [0.1, 0.15) is 48.0 Å². The molecule has 5 rings (SSSR count). The first-order valence-electron chi connectivity index (χ1n) is 11.5. The largest absolute Gasteiger partial charge is 0.472 e. The number of amides is 1. The lowest BCUT2D eigenvalue weighted by molar-refractivity contribution is -0.147. The number of methoxy groups -OCH3 is 1. The quantitative estimate of drug-likeness (QED) is 0.740. The molecule has 0 unspecified atom stereocenters. The fraction of sp³-hybridized carbons (Fsp3) is 0.520. The summed E-state index contributed by atoms with van der Waals surface area (Å²) in [5.41, 5.74) is 1.66. The summed E-state index contributed by atoms with van der Waals surface area (Å²) < 4.78 is 11.0. The summed E-state index contributed by atoms with van der Waals surface area (Å²) in [5, 5.41) is 12.4. The third-order valence-electron chi connectivity index (χ3n) is 7.28. The maximum Gasteiger partial charge on any atom is 0.308 e. The highest BCUT2D eigenvalue weighted by molar-refractivity contribution is 6.06. The number of ether oxygens (including phenoxy) is 2. The monoisotopic (exact) mass is 438 g/mol. The van der Waals surface area contributed by atoms with Gasteiger partial charge in [0.25, 0.3) is 5.91 Å². The summed E-state index contributed by atoms with van der Waals surface area (Å²) in [5.74, 6) is 0.426. The summed E-state index contributed by atoms with van der Waals surface area (Å²) in [6.45, 7) is 2.52. The summed E-state index contributed by atoms with van der Waals surface area (Å²) in [6.07, 6.45) is 3.54. The number of esters is 1. The van der Waals surface area contributed by atoms with E-state index in [0.29, 0.717) is 17.9 Å². The fourth-order valence-electron chi connectivity index (χ4n) is 5.48. The van der Waals surface area contributed by atoms with Gasteiger partial charge in [-0.05, 0) is 62.2 Å². The van der Waals surface area contributed by atoms with E-state index in [1.165, 1.54) is 7.11 Å². The topological polar surface area (TPSA) is 79.3 Å². The number of piperidine rings is 1. The molecule has 2 atom stereocenters. The van der Waals surface area contributed by atoms with Crippen LogP contribution < -0.4 is 4.74 Å². The van der Waals surface area contributed by atoms with Crippen molar-refractivity contribution < 1.29 is 24.2 Å². The number of hydrogen-bond acceptors (Lipinski definition) is 6. The number of aliphatic hydroxyl groups excluding tert-OH is 1. The zero-order valence-electron chi connectivity index (χ0n) is 18.5. The zero-order chi connectivity index (χ0) is 22.2. The molecule has 0 aromatic heterocycles. The van der Waals surface area contributed by atoms with E-state index in [0.717, 1.165) is 61.5 Å². The summed E-state index contributed by atoms with van der Waals surface area (Å²) in [7, 11) is 1.45. The Morgan fingerprint density at radius 3 is 2.59 bits per heavy atom. The van der Waals surface area contributed by atoms with Crippen LogP contribution in [-0.2, 0) is 16.1 Å². The Morgan fingerprint density at radius 2 is 1.91 bits per heavy atom. The van der Waals surface area contributed by atoms with Gasteiger partial charge in [-0.15, -0.1) is 0 Å². The average molecular weight is 439 g/mol. The van der Waals surface area contributed by atoms with Gasteiger partial charge in [-0.2, -0.15) is 0 Å². The summed E-state index contributed by atoms with van der Waals surface area (Å²) in [6, 6.07) is 9.85. The molecule has 2 fully saturated rings. The standard InChI is InChI=1S/C25H30N2O5/c1-31-25(30)16-9-11-26(12-10-16)14-17-13-20-23(19-6-3-2-5-18(17)19)32-15-27(24(20)29)21-7-4-8-22(21)28/h2-3,5-6,13,16,21-22,28H,4,7-12,14-15H2,1H3/t21-,22-/m0/s1. The van der Waals surface area contributed by atoms with E-state index in [2.05, 4.69) is 11.0 Å². The minimum Gasteiger partial charge on any atom is -0.472 e. The van der Waals surface area contributed by atoms with Gasteiger partial charge in [0, 0.05) is 11.9 Å². The molecule has 0 bridgehead atoms. The Labute approximate surface area is 187 Å². The van der Waals surface area contributed by atoms with E-state index in [9.17, 15) is 14.7 Å². The fourth-order valence-corrected chi connectivity index (χ4v) is 5.48. The number of hydrogen-bond donors (Lipinski definition) is 1. The Hall–Kier alpha value is -2.64. The van der Waals surface area contributed by atoms with Crippen LogP contribution in [0.25, 0.3) is 10.8 Å². The van der Waals surface area contributed by atoms with Crippen molar-refractivity contribution in [3.63, 3.8) is 0 Å². The van der Waals surface area contributed by atoms with Gasteiger partial charge in [0.2, 0.25) is 0 Å². The van der Waals surface area contributed by atoms with Crippen LogP contribution in [0.15, 0.2) is 30.3 Å².